The minimum Gasteiger partial charge on any atom is -0.371 e. The Kier molecular flexibility index (Phi) is 4.47. The van der Waals surface area contributed by atoms with Gasteiger partial charge in [0, 0.05) is 33.0 Å². The Morgan fingerprint density at radius 2 is 2.26 bits per heavy atom. The summed E-state index contributed by atoms with van der Waals surface area (Å²) in [4.78, 5) is 12.7. The molecule has 2 atom stereocenters. The fourth-order valence-electron chi connectivity index (χ4n) is 3.05. The fraction of sp³-hybridized carbons (Fsp3) is 0.562. The van der Waals surface area contributed by atoms with Crippen LogP contribution in [0.2, 0.25) is 0 Å². The van der Waals surface area contributed by atoms with E-state index >= 15 is 0 Å². The predicted octanol–water partition coefficient (Wildman–Crippen LogP) is 1.82. The number of anilines is 1. The molecule has 1 saturated heterocycles. The van der Waals surface area contributed by atoms with Gasteiger partial charge in [0.2, 0.25) is 5.91 Å². The Labute approximate surface area is 135 Å². The molecule has 23 heavy (non-hydrogen) atoms. The number of carbonyl (C=O) groups excluding carboxylic acids is 1. The lowest BCUT2D eigenvalue weighted by molar-refractivity contribution is -0.121. The highest BCUT2D eigenvalue weighted by atomic mass is 16.5. The summed E-state index contributed by atoms with van der Waals surface area (Å²) in [5, 5.41) is 11.6. The maximum Gasteiger partial charge on any atom is 0.231 e. The smallest absolute Gasteiger partial charge is 0.231 e. The summed E-state index contributed by atoms with van der Waals surface area (Å²) in [6, 6.07) is 3.84. The van der Waals surface area contributed by atoms with E-state index in [2.05, 4.69) is 22.4 Å². The van der Waals surface area contributed by atoms with E-state index in [9.17, 15) is 4.79 Å². The van der Waals surface area contributed by atoms with Crippen LogP contribution >= 0.6 is 0 Å². The molecule has 1 N–H and O–H groups in total. The Bertz CT molecular complexity index is 690. The zero-order chi connectivity index (χ0) is 16.4. The second-order valence-electron chi connectivity index (χ2n) is 5.95. The van der Waals surface area contributed by atoms with Crippen molar-refractivity contribution in [2.45, 2.75) is 32.3 Å². The first kappa shape index (κ1) is 15.7. The quantitative estimate of drug-likeness (QED) is 0.913. The van der Waals surface area contributed by atoms with Crippen molar-refractivity contribution in [2.75, 3.05) is 11.9 Å². The van der Waals surface area contributed by atoms with Gasteiger partial charge in [-0.1, -0.05) is 13.3 Å². The number of hydrogen-bond donors (Lipinski definition) is 1. The van der Waals surface area contributed by atoms with E-state index in [0.717, 1.165) is 30.0 Å². The molecule has 1 aliphatic heterocycles. The lowest BCUT2D eigenvalue weighted by atomic mass is 9.98. The predicted molar refractivity (Wildman–Crippen MR) is 85.8 cm³/mol. The summed E-state index contributed by atoms with van der Waals surface area (Å²) in [5.74, 6) is 0.490. The van der Waals surface area contributed by atoms with Crippen molar-refractivity contribution >= 4 is 11.7 Å². The molecule has 0 bridgehead atoms. The van der Waals surface area contributed by atoms with Crippen LogP contribution in [-0.4, -0.2) is 32.1 Å². The van der Waals surface area contributed by atoms with Gasteiger partial charge in [-0.05, 0) is 18.9 Å². The lowest BCUT2D eigenvalue weighted by Crippen LogP contribution is -2.27. The summed E-state index contributed by atoms with van der Waals surface area (Å²) in [6.45, 7) is 2.70. The van der Waals surface area contributed by atoms with Crippen molar-refractivity contribution < 1.29 is 9.53 Å². The van der Waals surface area contributed by atoms with Gasteiger partial charge in [0.15, 0.2) is 0 Å². The first-order chi connectivity index (χ1) is 11.1. The van der Waals surface area contributed by atoms with Crippen molar-refractivity contribution in [3.63, 3.8) is 0 Å². The highest BCUT2D eigenvalue weighted by Gasteiger charge is 2.37. The minimum absolute atomic E-state index is 0.0280. The van der Waals surface area contributed by atoms with Crippen LogP contribution < -0.4 is 5.32 Å². The van der Waals surface area contributed by atoms with Gasteiger partial charge in [0.05, 0.1) is 17.3 Å². The van der Waals surface area contributed by atoms with E-state index in [1.807, 2.05) is 26.2 Å². The minimum atomic E-state index is -0.245. The molecule has 0 spiro atoms. The van der Waals surface area contributed by atoms with Crippen molar-refractivity contribution in [3.05, 3.63) is 29.7 Å². The maximum atomic E-state index is 12.7. The van der Waals surface area contributed by atoms with E-state index < -0.39 is 0 Å². The Hall–Kier alpha value is -2.15. The summed E-state index contributed by atoms with van der Waals surface area (Å²) in [7, 11) is 3.71. The zero-order valence-corrected chi connectivity index (χ0v) is 13.8. The van der Waals surface area contributed by atoms with E-state index in [0.29, 0.717) is 13.0 Å². The lowest BCUT2D eigenvalue weighted by Gasteiger charge is -2.18. The molecular formula is C16H23N5O2. The summed E-state index contributed by atoms with van der Waals surface area (Å²) < 4.78 is 9.26. The second kappa shape index (κ2) is 6.54. The highest BCUT2D eigenvalue weighted by Crippen LogP contribution is 2.35. The second-order valence-corrected chi connectivity index (χ2v) is 5.95. The topological polar surface area (TPSA) is 74.0 Å². The number of rotatable bonds is 5. The molecule has 1 aliphatic rings. The van der Waals surface area contributed by atoms with Crippen LogP contribution in [0.4, 0.5) is 5.82 Å². The molecule has 0 aromatic carbocycles. The molecule has 3 heterocycles. The standard InChI is InChI=1S/C16H23N5O2/c1-4-5-11-10-14(21(3)19-11)18-16(22)12-7-9-23-15(12)13-6-8-17-20(13)2/h6,8,10,12,15H,4-5,7,9H2,1-3H3,(H,18,22)/t12-,15-/m1/s1. The molecule has 2 aromatic heterocycles. The molecule has 0 radical (unpaired) electrons. The van der Waals surface area contributed by atoms with Crippen LogP contribution in [0.15, 0.2) is 18.3 Å². The van der Waals surface area contributed by atoms with Gasteiger partial charge in [-0.25, -0.2) is 0 Å². The first-order valence-corrected chi connectivity index (χ1v) is 8.03. The van der Waals surface area contributed by atoms with Gasteiger partial charge in [-0.3, -0.25) is 14.2 Å². The number of aromatic nitrogens is 4. The summed E-state index contributed by atoms with van der Waals surface area (Å²) in [5.41, 5.74) is 1.93. The summed E-state index contributed by atoms with van der Waals surface area (Å²) in [6.07, 6.45) is 4.13. The molecule has 0 saturated carbocycles. The van der Waals surface area contributed by atoms with Crippen molar-refractivity contribution in [2.24, 2.45) is 20.0 Å². The molecule has 1 amide bonds. The number of aryl methyl sites for hydroxylation is 3. The normalized spacial score (nSPS) is 20.8. The monoisotopic (exact) mass is 317 g/mol. The van der Waals surface area contributed by atoms with Crippen molar-refractivity contribution in [3.8, 4) is 0 Å². The number of ether oxygens (including phenoxy) is 1. The summed E-state index contributed by atoms with van der Waals surface area (Å²) >= 11 is 0. The van der Waals surface area contributed by atoms with Crippen molar-refractivity contribution in [1.29, 1.82) is 0 Å². The van der Waals surface area contributed by atoms with Crippen molar-refractivity contribution in [1.82, 2.24) is 19.6 Å². The Morgan fingerprint density at radius 1 is 1.43 bits per heavy atom. The fourth-order valence-corrected chi connectivity index (χ4v) is 3.05. The SMILES string of the molecule is CCCc1cc(NC(=O)[C@@H]2CCO[C@H]2c2ccnn2C)n(C)n1. The Balaban J connectivity index is 1.73. The van der Waals surface area contributed by atoms with Gasteiger partial charge in [0.1, 0.15) is 11.9 Å². The van der Waals surface area contributed by atoms with Gasteiger partial charge in [0.25, 0.3) is 0 Å². The van der Waals surface area contributed by atoms with E-state index in [1.54, 1.807) is 15.6 Å². The van der Waals surface area contributed by atoms with E-state index in [4.69, 9.17) is 4.74 Å². The van der Waals surface area contributed by atoms with E-state index in [-0.39, 0.29) is 17.9 Å². The van der Waals surface area contributed by atoms with Crippen LogP contribution in [0.1, 0.15) is 37.3 Å². The average Bonchev–Trinajstić information content (AvgIpc) is 3.20. The molecule has 3 rings (SSSR count). The maximum absolute atomic E-state index is 12.7. The van der Waals surface area contributed by atoms with Crippen LogP contribution in [0.5, 0.6) is 0 Å². The van der Waals surface area contributed by atoms with Crippen LogP contribution in [0, 0.1) is 5.92 Å². The zero-order valence-electron chi connectivity index (χ0n) is 13.8. The van der Waals surface area contributed by atoms with Crippen LogP contribution in [0.3, 0.4) is 0 Å². The van der Waals surface area contributed by atoms with Gasteiger partial charge < -0.3 is 10.1 Å². The number of hydrogen-bond acceptors (Lipinski definition) is 4. The third-order valence-corrected chi connectivity index (χ3v) is 4.27. The van der Waals surface area contributed by atoms with Gasteiger partial charge >= 0.3 is 0 Å². The molecule has 0 aliphatic carbocycles. The molecule has 1 fully saturated rings. The number of carbonyl (C=O) groups is 1. The molecule has 7 heteroatoms. The van der Waals surface area contributed by atoms with Gasteiger partial charge in [-0.2, -0.15) is 10.2 Å². The van der Waals surface area contributed by atoms with E-state index in [1.165, 1.54) is 0 Å². The number of amides is 1. The van der Waals surface area contributed by atoms with Crippen LogP contribution in [0.25, 0.3) is 0 Å². The van der Waals surface area contributed by atoms with Crippen LogP contribution in [-0.2, 0) is 30.0 Å². The Morgan fingerprint density at radius 3 is 2.96 bits per heavy atom. The largest absolute Gasteiger partial charge is 0.371 e. The third kappa shape index (κ3) is 3.14. The molecule has 124 valence electrons. The highest BCUT2D eigenvalue weighted by molar-refractivity contribution is 5.92. The molecule has 2 aromatic rings. The first-order valence-electron chi connectivity index (χ1n) is 8.03. The number of nitrogens with zero attached hydrogens (tertiary/aromatic N) is 4. The number of nitrogens with one attached hydrogen (secondary N) is 1. The third-order valence-electron chi connectivity index (χ3n) is 4.27. The van der Waals surface area contributed by atoms with Gasteiger partial charge in [-0.15, -0.1) is 0 Å². The molecule has 0 unspecified atom stereocenters. The average molecular weight is 317 g/mol. The molecular weight excluding hydrogens is 294 g/mol. The molecule has 7 nitrogen and oxygen atoms in total.